The van der Waals surface area contributed by atoms with E-state index in [-0.39, 0.29) is 5.56 Å². The third kappa shape index (κ3) is 7.00. The highest BCUT2D eigenvalue weighted by molar-refractivity contribution is 5.66. The van der Waals surface area contributed by atoms with Gasteiger partial charge in [-0.2, -0.15) is 13.2 Å². The summed E-state index contributed by atoms with van der Waals surface area (Å²) in [5, 5.41) is 0. The number of benzene rings is 2. The minimum atomic E-state index is -4.86. The Bertz CT molecular complexity index is 900. The van der Waals surface area contributed by atoms with Gasteiger partial charge >= 0.3 is 6.18 Å². The Morgan fingerprint density at radius 2 is 1.39 bits per heavy atom. The molecule has 0 heterocycles. The molecule has 1 aliphatic carbocycles. The first-order valence-electron chi connectivity index (χ1n) is 11.9. The second-order valence-electron chi connectivity index (χ2n) is 9.88. The van der Waals surface area contributed by atoms with Gasteiger partial charge in [0.1, 0.15) is 17.5 Å². The quantitative estimate of drug-likeness (QED) is 0.337. The van der Waals surface area contributed by atoms with Crippen molar-refractivity contribution in [2.75, 3.05) is 0 Å². The van der Waals surface area contributed by atoms with Crippen molar-refractivity contribution in [2.24, 2.45) is 17.8 Å². The van der Waals surface area contributed by atoms with Crippen molar-refractivity contribution in [1.82, 2.24) is 0 Å². The maximum atomic E-state index is 14.7. The maximum Gasteiger partial charge on any atom is 0.419 e. The van der Waals surface area contributed by atoms with Crippen LogP contribution in [0.3, 0.4) is 0 Å². The van der Waals surface area contributed by atoms with E-state index in [1.165, 1.54) is 44.2 Å². The molecule has 0 radical (unpaired) electrons. The predicted molar refractivity (Wildman–Crippen MR) is 119 cm³/mol. The average molecular weight is 471 g/mol. The van der Waals surface area contributed by atoms with Crippen LogP contribution < -0.4 is 0 Å². The number of alkyl halides is 3. The van der Waals surface area contributed by atoms with Crippen LogP contribution in [0, 0.1) is 35.2 Å². The molecule has 0 aromatic heterocycles. The Morgan fingerprint density at radius 3 is 1.91 bits per heavy atom. The molecule has 0 N–H and O–H groups in total. The summed E-state index contributed by atoms with van der Waals surface area (Å²) in [6.45, 7) is 4.49. The van der Waals surface area contributed by atoms with Crippen LogP contribution in [0.4, 0.5) is 26.3 Å². The molecule has 2 aromatic rings. The Morgan fingerprint density at radius 1 is 0.818 bits per heavy atom. The number of hydrogen-bond donors (Lipinski definition) is 0. The highest BCUT2D eigenvalue weighted by Gasteiger charge is 2.34. The standard InChI is InChI=1S/C27H32F6/c1-17(2)4-3-5-18-6-8-19(9-7-18)10-11-20-14-24(29)26(25(30)15-20)21-12-13-22(23(28)16-21)27(31,32)33/h12-19H,3-11H2,1-2H3. The van der Waals surface area contributed by atoms with Crippen LogP contribution >= 0.6 is 0 Å². The van der Waals surface area contributed by atoms with Crippen LogP contribution in [0.15, 0.2) is 30.3 Å². The van der Waals surface area contributed by atoms with E-state index in [0.717, 1.165) is 37.2 Å². The summed E-state index contributed by atoms with van der Waals surface area (Å²) in [5.41, 5.74) is -1.70. The molecule has 0 spiro atoms. The van der Waals surface area contributed by atoms with E-state index in [2.05, 4.69) is 13.8 Å². The third-order valence-electron chi connectivity index (χ3n) is 6.87. The first kappa shape index (κ1) is 25.6. The van der Waals surface area contributed by atoms with Crippen LogP contribution in [0.2, 0.25) is 0 Å². The van der Waals surface area contributed by atoms with Gasteiger partial charge in [0.15, 0.2) is 0 Å². The van der Waals surface area contributed by atoms with Crippen LogP contribution in [-0.2, 0) is 12.6 Å². The first-order valence-corrected chi connectivity index (χ1v) is 11.9. The minimum Gasteiger partial charge on any atom is -0.206 e. The molecule has 1 saturated carbocycles. The van der Waals surface area contributed by atoms with Gasteiger partial charge in [0.2, 0.25) is 0 Å². The van der Waals surface area contributed by atoms with E-state index >= 15 is 0 Å². The minimum absolute atomic E-state index is 0.252. The zero-order chi connectivity index (χ0) is 24.2. The molecule has 182 valence electrons. The van der Waals surface area contributed by atoms with E-state index in [0.29, 0.717) is 30.0 Å². The van der Waals surface area contributed by atoms with E-state index in [9.17, 15) is 26.3 Å². The van der Waals surface area contributed by atoms with Crippen molar-refractivity contribution in [3.8, 4) is 11.1 Å². The van der Waals surface area contributed by atoms with Crippen LogP contribution in [0.25, 0.3) is 11.1 Å². The third-order valence-corrected chi connectivity index (χ3v) is 6.87. The molecular weight excluding hydrogens is 438 g/mol. The van der Waals surface area contributed by atoms with Gasteiger partial charge in [-0.05, 0) is 66.0 Å². The summed E-state index contributed by atoms with van der Waals surface area (Å²) >= 11 is 0. The molecule has 33 heavy (non-hydrogen) atoms. The fourth-order valence-corrected chi connectivity index (χ4v) is 4.94. The number of halogens is 6. The van der Waals surface area contributed by atoms with Gasteiger partial charge in [-0.25, -0.2) is 13.2 Å². The van der Waals surface area contributed by atoms with E-state index < -0.39 is 34.8 Å². The molecule has 2 aromatic carbocycles. The molecule has 0 bridgehead atoms. The maximum absolute atomic E-state index is 14.7. The number of hydrogen-bond acceptors (Lipinski definition) is 0. The lowest BCUT2D eigenvalue weighted by Gasteiger charge is -2.28. The lowest BCUT2D eigenvalue weighted by atomic mass is 9.77. The smallest absolute Gasteiger partial charge is 0.206 e. The van der Waals surface area contributed by atoms with Crippen molar-refractivity contribution in [2.45, 2.75) is 77.8 Å². The molecule has 0 aliphatic heterocycles. The zero-order valence-corrected chi connectivity index (χ0v) is 19.3. The average Bonchev–Trinajstić information content (AvgIpc) is 2.71. The lowest BCUT2D eigenvalue weighted by Crippen LogP contribution is -2.15. The van der Waals surface area contributed by atoms with Crippen LogP contribution in [-0.4, -0.2) is 0 Å². The largest absolute Gasteiger partial charge is 0.419 e. The van der Waals surface area contributed by atoms with Crippen molar-refractivity contribution in [3.05, 3.63) is 58.9 Å². The van der Waals surface area contributed by atoms with Crippen molar-refractivity contribution in [3.63, 3.8) is 0 Å². The number of rotatable bonds is 8. The predicted octanol–water partition coefficient (Wildman–Crippen LogP) is 9.35. The molecule has 0 atom stereocenters. The molecule has 0 amide bonds. The molecule has 0 nitrogen and oxygen atoms in total. The summed E-state index contributed by atoms with van der Waals surface area (Å²) in [4.78, 5) is 0. The van der Waals surface area contributed by atoms with Gasteiger partial charge in [-0.15, -0.1) is 0 Å². The topological polar surface area (TPSA) is 0 Å². The summed E-state index contributed by atoms with van der Waals surface area (Å²) in [7, 11) is 0. The molecule has 0 saturated heterocycles. The van der Waals surface area contributed by atoms with E-state index in [1.807, 2.05) is 0 Å². The van der Waals surface area contributed by atoms with Crippen molar-refractivity contribution < 1.29 is 26.3 Å². The van der Waals surface area contributed by atoms with Crippen LogP contribution in [0.1, 0.15) is 76.3 Å². The molecule has 6 heteroatoms. The molecule has 1 aliphatic rings. The second kappa shape index (κ2) is 11.0. The summed E-state index contributed by atoms with van der Waals surface area (Å²) in [5.74, 6) is -1.26. The highest BCUT2D eigenvalue weighted by atomic mass is 19.4. The fraction of sp³-hybridized carbons (Fsp3) is 0.556. The van der Waals surface area contributed by atoms with E-state index in [4.69, 9.17) is 0 Å². The molecule has 1 fully saturated rings. The Hall–Kier alpha value is -1.98. The van der Waals surface area contributed by atoms with Gasteiger partial charge in [-0.1, -0.05) is 64.9 Å². The van der Waals surface area contributed by atoms with Crippen LogP contribution in [0.5, 0.6) is 0 Å². The van der Waals surface area contributed by atoms with Gasteiger partial charge in [0.05, 0.1) is 11.1 Å². The lowest BCUT2D eigenvalue weighted by molar-refractivity contribution is -0.139. The van der Waals surface area contributed by atoms with Crippen molar-refractivity contribution >= 4 is 0 Å². The summed E-state index contributed by atoms with van der Waals surface area (Å²) in [6.07, 6.45) is 5.06. The van der Waals surface area contributed by atoms with E-state index in [1.54, 1.807) is 0 Å². The Kier molecular flexibility index (Phi) is 8.52. The summed E-state index contributed by atoms with van der Waals surface area (Å²) < 4.78 is 81.5. The second-order valence-corrected chi connectivity index (χ2v) is 9.88. The highest BCUT2D eigenvalue weighted by Crippen LogP contribution is 2.37. The summed E-state index contributed by atoms with van der Waals surface area (Å²) in [6, 6.07) is 4.37. The van der Waals surface area contributed by atoms with Gasteiger partial charge in [0, 0.05) is 0 Å². The zero-order valence-electron chi connectivity index (χ0n) is 19.3. The fourth-order valence-electron chi connectivity index (χ4n) is 4.94. The van der Waals surface area contributed by atoms with Gasteiger partial charge in [0.25, 0.3) is 0 Å². The molecule has 0 unspecified atom stereocenters. The number of aryl methyl sites for hydroxylation is 1. The Labute approximate surface area is 192 Å². The van der Waals surface area contributed by atoms with Gasteiger partial charge < -0.3 is 0 Å². The van der Waals surface area contributed by atoms with Crippen molar-refractivity contribution in [1.29, 1.82) is 0 Å². The normalized spacial score (nSPS) is 19.3. The first-order chi connectivity index (χ1) is 15.5. The molecule has 3 rings (SSSR count). The molecular formula is C27H32F6. The monoisotopic (exact) mass is 470 g/mol. The van der Waals surface area contributed by atoms with Gasteiger partial charge in [-0.3, -0.25) is 0 Å². The Balaban J connectivity index is 1.58. The SMILES string of the molecule is CC(C)CCCC1CCC(CCc2cc(F)c(-c3ccc(C(F)(F)F)c(F)c3)c(F)c2)CC1.